The van der Waals surface area contributed by atoms with Gasteiger partial charge < -0.3 is 4.74 Å². The van der Waals surface area contributed by atoms with E-state index < -0.39 is 5.97 Å². The van der Waals surface area contributed by atoms with Crippen LogP contribution in [0.1, 0.15) is 20.7 Å². The summed E-state index contributed by atoms with van der Waals surface area (Å²) in [4.78, 5) is 21.7. The van der Waals surface area contributed by atoms with Gasteiger partial charge in [-0.3, -0.25) is 4.79 Å². The number of aldehydes is 1. The van der Waals surface area contributed by atoms with E-state index in [0.29, 0.717) is 11.8 Å². The Hall–Kier alpha value is -1.16. The van der Waals surface area contributed by atoms with E-state index in [4.69, 9.17) is 0 Å². The largest absolute Gasteiger partial charge is 0.465 e. The highest BCUT2D eigenvalue weighted by atomic mass is 79.9. The molecule has 0 saturated heterocycles. The van der Waals surface area contributed by atoms with Gasteiger partial charge in [0.1, 0.15) is 0 Å². The molecule has 0 atom stereocenters. The van der Waals surface area contributed by atoms with Crippen LogP contribution in [0.3, 0.4) is 0 Å². The van der Waals surface area contributed by atoms with E-state index in [9.17, 15) is 9.59 Å². The third kappa shape index (κ3) is 2.15. The second-order valence-corrected chi connectivity index (χ2v) is 3.26. The highest BCUT2D eigenvalue weighted by Gasteiger charge is 2.10. The van der Waals surface area contributed by atoms with E-state index in [1.807, 2.05) is 0 Å². The van der Waals surface area contributed by atoms with E-state index in [-0.39, 0.29) is 5.56 Å². The quantitative estimate of drug-likeness (QED) is 0.589. The van der Waals surface area contributed by atoms with E-state index in [0.717, 1.165) is 4.47 Å². The minimum absolute atomic E-state index is 0.278. The van der Waals surface area contributed by atoms with Gasteiger partial charge in [0.2, 0.25) is 0 Å². The van der Waals surface area contributed by atoms with Crippen LogP contribution < -0.4 is 0 Å². The minimum Gasteiger partial charge on any atom is -0.465 e. The van der Waals surface area contributed by atoms with E-state index in [1.165, 1.54) is 7.11 Å². The van der Waals surface area contributed by atoms with Crippen molar-refractivity contribution in [3.63, 3.8) is 0 Å². The van der Waals surface area contributed by atoms with Crippen molar-refractivity contribution in [2.24, 2.45) is 0 Å². The maximum Gasteiger partial charge on any atom is 0.338 e. The molecule has 0 aliphatic carbocycles. The van der Waals surface area contributed by atoms with Gasteiger partial charge in [0.15, 0.2) is 6.29 Å². The molecule has 0 heterocycles. The van der Waals surface area contributed by atoms with Crippen molar-refractivity contribution in [2.75, 3.05) is 7.11 Å². The smallest absolute Gasteiger partial charge is 0.338 e. The summed E-state index contributed by atoms with van der Waals surface area (Å²) < 4.78 is 5.26. The van der Waals surface area contributed by atoms with Gasteiger partial charge in [-0.15, -0.1) is 0 Å². The van der Waals surface area contributed by atoms with Crippen LogP contribution in [-0.2, 0) is 4.74 Å². The summed E-state index contributed by atoms with van der Waals surface area (Å²) in [5.74, 6) is -0.505. The average Bonchev–Trinajstić information content (AvgIpc) is 2.16. The second-order valence-electron chi connectivity index (χ2n) is 2.34. The molecule has 0 amide bonds. The molecular formula is C9H7BrO3. The van der Waals surface area contributed by atoms with Crippen LogP contribution in [0.15, 0.2) is 22.7 Å². The first-order valence-corrected chi connectivity index (χ1v) is 4.31. The Kier molecular flexibility index (Phi) is 3.19. The predicted molar refractivity (Wildman–Crippen MR) is 50.9 cm³/mol. The number of ether oxygens (including phenoxy) is 1. The zero-order chi connectivity index (χ0) is 9.84. The molecule has 4 heteroatoms. The fourth-order valence-electron chi connectivity index (χ4n) is 0.927. The summed E-state index contributed by atoms with van der Waals surface area (Å²) in [6.45, 7) is 0. The maximum atomic E-state index is 11.1. The Bertz CT molecular complexity index is 347. The Morgan fingerprint density at radius 1 is 1.54 bits per heavy atom. The molecular weight excluding hydrogens is 236 g/mol. The average molecular weight is 243 g/mol. The summed E-state index contributed by atoms with van der Waals surface area (Å²) in [5, 5.41) is 0. The van der Waals surface area contributed by atoms with E-state index in [1.54, 1.807) is 18.2 Å². The molecule has 0 spiro atoms. The van der Waals surface area contributed by atoms with Crippen LogP contribution in [0.25, 0.3) is 0 Å². The van der Waals surface area contributed by atoms with Crippen molar-refractivity contribution in [3.8, 4) is 0 Å². The van der Waals surface area contributed by atoms with Crippen LogP contribution in [0.4, 0.5) is 0 Å². The van der Waals surface area contributed by atoms with E-state index >= 15 is 0 Å². The lowest BCUT2D eigenvalue weighted by atomic mass is 10.1. The molecule has 0 bridgehead atoms. The first-order chi connectivity index (χ1) is 6.19. The predicted octanol–water partition coefficient (Wildman–Crippen LogP) is 2.05. The summed E-state index contributed by atoms with van der Waals surface area (Å²) in [6, 6.07) is 4.79. The zero-order valence-electron chi connectivity index (χ0n) is 6.91. The molecule has 0 aromatic heterocycles. The highest BCUT2D eigenvalue weighted by Crippen LogP contribution is 2.15. The molecule has 0 unspecified atom stereocenters. The fourth-order valence-corrected chi connectivity index (χ4v) is 1.31. The number of carbonyl (C=O) groups excluding carboxylic acids is 2. The van der Waals surface area contributed by atoms with Crippen molar-refractivity contribution in [1.82, 2.24) is 0 Å². The Labute approximate surface area is 83.8 Å². The van der Waals surface area contributed by atoms with Crippen LogP contribution >= 0.6 is 15.9 Å². The molecule has 0 aliphatic heterocycles. The van der Waals surface area contributed by atoms with Gasteiger partial charge >= 0.3 is 5.97 Å². The highest BCUT2D eigenvalue weighted by molar-refractivity contribution is 9.10. The van der Waals surface area contributed by atoms with Crippen molar-refractivity contribution in [2.45, 2.75) is 0 Å². The molecule has 0 N–H and O–H groups in total. The third-order valence-corrected chi connectivity index (χ3v) is 2.04. The summed E-state index contributed by atoms with van der Waals surface area (Å²) >= 11 is 3.20. The minimum atomic E-state index is -0.505. The lowest BCUT2D eigenvalue weighted by Crippen LogP contribution is -2.04. The SMILES string of the molecule is COC(=O)c1ccc(Br)cc1C=O. The molecule has 13 heavy (non-hydrogen) atoms. The molecule has 3 nitrogen and oxygen atoms in total. The lowest BCUT2D eigenvalue weighted by molar-refractivity contribution is 0.0598. The van der Waals surface area contributed by atoms with Gasteiger partial charge in [0.05, 0.1) is 12.7 Å². The molecule has 0 fully saturated rings. The van der Waals surface area contributed by atoms with Gasteiger partial charge in [-0.05, 0) is 18.2 Å². The number of benzene rings is 1. The number of esters is 1. The van der Waals surface area contributed by atoms with Crippen molar-refractivity contribution >= 4 is 28.2 Å². The number of halogens is 1. The van der Waals surface area contributed by atoms with Gasteiger partial charge in [-0.25, -0.2) is 4.79 Å². The molecule has 1 aromatic rings. The van der Waals surface area contributed by atoms with E-state index in [2.05, 4.69) is 20.7 Å². The molecule has 1 rings (SSSR count). The Morgan fingerprint density at radius 2 is 2.23 bits per heavy atom. The number of hydrogen-bond acceptors (Lipinski definition) is 3. The Morgan fingerprint density at radius 3 is 2.77 bits per heavy atom. The van der Waals surface area contributed by atoms with Crippen molar-refractivity contribution in [1.29, 1.82) is 0 Å². The number of methoxy groups -OCH3 is 1. The number of hydrogen-bond donors (Lipinski definition) is 0. The second kappa shape index (κ2) is 4.18. The molecule has 0 aliphatic rings. The molecule has 1 aromatic carbocycles. The lowest BCUT2D eigenvalue weighted by Gasteiger charge is -2.02. The van der Waals surface area contributed by atoms with Crippen LogP contribution in [0.2, 0.25) is 0 Å². The maximum absolute atomic E-state index is 11.1. The van der Waals surface area contributed by atoms with Crippen LogP contribution in [0.5, 0.6) is 0 Å². The van der Waals surface area contributed by atoms with Crippen LogP contribution in [0, 0.1) is 0 Å². The van der Waals surface area contributed by atoms with Crippen LogP contribution in [-0.4, -0.2) is 19.4 Å². The topological polar surface area (TPSA) is 43.4 Å². The van der Waals surface area contributed by atoms with Crippen molar-refractivity contribution in [3.05, 3.63) is 33.8 Å². The summed E-state index contributed by atoms with van der Waals surface area (Å²) in [7, 11) is 1.28. The Balaban J connectivity index is 3.20. The molecule has 68 valence electrons. The zero-order valence-corrected chi connectivity index (χ0v) is 8.50. The summed E-state index contributed by atoms with van der Waals surface area (Å²) in [6.07, 6.45) is 0.622. The molecule has 0 radical (unpaired) electrons. The first-order valence-electron chi connectivity index (χ1n) is 3.52. The molecule has 0 saturated carbocycles. The van der Waals surface area contributed by atoms with Gasteiger partial charge in [-0.2, -0.15) is 0 Å². The normalized spacial score (nSPS) is 9.38. The van der Waals surface area contributed by atoms with Crippen molar-refractivity contribution < 1.29 is 14.3 Å². The number of rotatable bonds is 2. The summed E-state index contributed by atoms with van der Waals surface area (Å²) in [5.41, 5.74) is 0.599. The standard InChI is InChI=1S/C9H7BrO3/c1-13-9(12)8-3-2-7(10)4-6(8)5-11/h2-5H,1H3. The van der Waals surface area contributed by atoms with Gasteiger partial charge in [0, 0.05) is 10.0 Å². The van der Waals surface area contributed by atoms with Gasteiger partial charge in [0.25, 0.3) is 0 Å². The first kappa shape index (κ1) is 9.92. The fraction of sp³-hybridized carbons (Fsp3) is 0.111. The third-order valence-electron chi connectivity index (χ3n) is 1.55. The number of carbonyl (C=O) groups is 2. The van der Waals surface area contributed by atoms with Gasteiger partial charge in [-0.1, -0.05) is 15.9 Å². The monoisotopic (exact) mass is 242 g/mol.